The number of aromatic nitrogens is 2. The maximum absolute atomic E-state index is 11.6. The first-order valence-electron chi connectivity index (χ1n) is 4.81. The molecule has 0 atom stereocenters. The fourth-order valence-electron chi connectivity index (χ4n) is 1.10. The highest BCUT2D eigenvalue weighted by Crippen LogP contribution is 2.00. The van der Waals surface area contributed by atoms with E-state index in [4.69, 9.17) is 0 Å². The Morgan fingerprint density at radius 3 is 2.87 bits per heavy atom. The van der Waals surface area contributed by atoms with Gasteiger partial charge in [-0.1, -0.05) is 0 Å². The number of hydrogen-bond acceptors (Lipinski definition) is 4. The smallest absolute Gasteiger partial charge is 0.254 e. The van der Waals surface area contributed by atoms with Gasteiger partial charge in [-0.05, 0) is 21.0 Å². The van der Waals surface area contributed by atoms with E-state index >= 15 is 0 Å². The molecule has 0 spiro atoms. The predicted octanol–water partition coefficient (Wildman–Crippen LogP) is 0.0764. The molecule has 1 rings (SSSR count). The van der Waals surface area contributed by atoms with Crippen LogP contribution in [0.1, 0.15) is 16.1 Å². The van der Waals surface area contributed by atoms with E-state index in [9.17, 15) is 4.79 Å². The normalized spacial score (nSPS) is 10.4. The fourth-order valence-corrected chi connectivity index (χ4v) is 1.10. The number of rotatable bonds is 4. The van der Waals surface area contributed by atoms with E-state index in [1.807, 2.05) is 19.0 Å². The minimum Gasteiger partial charge on any atom is -0.351 e. The van der Waals surface area contributed by atoms with Gasteiger partial charge in [0, 0.05) is 19.3 Å². The second kappa shape index (κ2) is 5.41. The van der Waals surface area contributed by atoms with E-state index in [2.05, 4.69) is 15.3 Å². The molecule has 1 N–H and O–H groups in total. The first kappa shape index (κ1) is 11.6. The van der Waals surface area contributed by atoms with E-state index in [0.717, 1.165) is 6.54 Å². The van der Waals surface area contributed by atoms with Gasteiger partial charge in [-0.3, -0.25) is 4.79 Å². The third-order valence-corrected chi connectivity index (χ3v) is 2.00. The van der Waals surface area contributed by atoms with Crippen LogP contribution in [-0.4, -0.2) is 48.0 Å². The van der Waals surface area contributed by atoms with Crippen molar-refractivity contribution in [3.05, 3.63) is 23.8 Å². The molecule has 0 aliphatic rings. The van der Waals surface area contributed by atoms with Crippen molar-refractivity contribution in [1.82, 2.24) is 20.2 Å². The summed E-state index contributed by atoms with van der Waals surface area (Å²) in [5.41, 5.74) is 1.24. The molecule has 1 aromatic rings. The van der Waals surface area contributed by atoms with Gasteiger partial charge in [-0.25, -0.2) is 9.97 Å². The van der Waals surface area contributed by atoms with Gasteiger partial charge >= 0.3 is 0 Å². The largest absolute Gasteiger partial charge is 0.351 e. The second-order valence-corrected chi connectivity index (χ2v) is 3.58. The molecule has 0 aliphatic carbocycles. The molecule has 1 aromatic heterocycles. The molecule has 0 radical (unpaired) electrons. The van der Waals surface area contributed by atoms with Crippen LogP contribution in [0.3, 0.4) is 0 Å². The average molecular weight is 208 g/mol. The van der Waals surface area contributed by atoms with Crippen molar-refractivity contribution in [2.24, 2.45) is 0 Å². The van der Waals surface area contributed by atoms with Crippen molar-refractivity contribution in [2.45, 2.75) is 6.92 Å². The molecule has 1 heterocycles. The summed E-state index contributed by atoms with van der Waals surface area (Å²) in [7, 11) is 3.92. The van der Waals surface area contributed by atoms with Crippen molar-refractivity contribution < 1.29 is 4.79 Å². The maximum atomic E-state index is 11.6. The summed E-state index contributed by atoms with van der Waals surface area (Å²) >= 11 is 0. The van der Waals surface area contributed by atoms with Crippen molar-refractivity contribution in [3.63, 3.8) is 0 Å². The van der Waals surface area contributed by atoms with Gasteiger partial charge in [0.05, 0.1) is 11.3 Å². The van der Waals surface area contributed by atoms with Gasteiger partial charge in [-0.2, -0.15) is 0 Å². The maximum Gasteiger partial charge on any atom is 0.254 e. The van der Waals surface area contributed by atoms with Crippen LogP contribution in [0.25, 0.3) is 0 Å². The van der Waals surface area contributed by atoms with E-state index in [0.29, 0.717) is 17.8 Å². The first-order chi connectivity index (χ1) is 7.11. The van der Waals surface area contributed by atoms with Crippen molar-refractivity contribution in [1.29, 1.82) is 0 Å². The van der Waals surface area contributed by atoms with Crippen LogP contribution >= 0.6 is 0 Å². The lowest BCUT2D eigenvalue weighted by molar-refractivity contribution is 0.0949. The average Bonchev–Trinajstić information content (AvgIpc) is 2.17. The number of nitrogens with one attached hydrogen (secondary N) is 1. The number of carbonyl (C=O) groups is 1. The van der Waals surface area contributed by atoms with E-state index in [-0.39, 0.29) is 5.91 Å². The Bertz CT molecular complexity index is 338. The molecular formula is C10H16N4O. The van der Waals surface area contributed by atoms with Crippen LogP contribution < -0.4 is 5.32 Å². The van der Waals surface area contributed by atoms with Gasteiger partial charge in [0.2, 0.25) is 0 Å². The minimum atomic E-state index is -0.116. The minimum absolute atomic E-state index is 0.116. The lowest BCUT2D eigenvalue weighted by Crippen LogP contribution is -2.31. The molecule has 5 heteroatoms. The van der Waals surface area contributed by atoms with Crippen LogP contribution in [0.15, 0.2) is 12.5 Å². The lowest BCUT2D eigenvalue weighted by Gasteiger charge is -2.10. The van der Waals surface area contributed by atoms with Crippen molar-refractivity contribution >= 4 is 5.91 Å². The molecule has 0 saturated carbocycles. The molecule has 0 unspecified atom stereocenters. The Labute approximate surface area is 89.5 Å². The Balaban J connectivity index is 2.51. The summed E-state index contributed by atoms with van der Waals surface area (Å²) in [6.45, 7) is 3.24. The summed E-state index contributed by atoms with van der Waals surface area (Å²) in [5.74, 6) is -0.116. The van der Waals surface area contributed by atoms with Crippen LogP contribution in [-0.2, 0) is 0 Å². The Kier molecular flexibility index (Phi) is 4.17. The molecule has 0 fully saturated rings. The fraction of sp³-hybridized carbons (Fsp3) is 0.500. The molecule has 5 nitrogen and oxygen atoms in total. The summed E-state index contributed by atoms with van der Waals surface area (Å²) in [4.78, 5) is 21.4. The highest BCUT2D eigenvalue weighted by molar-refractivity contribution is 5.94. The van der Waals surface area contributed by atoms with Crippen LogP contribution in [0.4, 0.5) is 0 Å². The van der Waals surface area contributed by atoms with Crippen LogP contribution in [0.5, 0.6) is 0 Å². The topological polar surface area (TPSA) is 58.1 Å². The molecule has 0 saturated heterocycles. The van der Waals surface area contributed by atoms with E-state index in [1.54, 1.807) is 6.92 Å². The number of nitrogens with zero attached hydrogens (tertiary/aromatic N) is 3. The molecule has 0 aromatic carbocycles. The van der Waals surface area contributed by atoms with Crippen molar-refractivity contribution in [3.8, 4) is 0 Å². The zero-order valence-electron chi connectivity index (χ0n) is 9.32. The zero-order valence-corrected chi connectivity index (χ0v) is 9.32. The standard InChI is InChI=1S/C10H16N4O/c1-8-9(6-11-7-13-8)10(15)12-4-5-14(2)3/h6-7H,4-5H2,1-3H3,(H,12,15). The molecule has 0 bridgehead atoms. The predicted molar refractivity (Wildman–Crippen MR) is 57.7 cm³/mol. The summed E-state index contributed by atoms with van der Waals surface area (Å²) in [6, 6.07) is 0. The monoisotopic (exact) mass is 208 g/mol. The number of aryl methyl sites for hydroxylation is 1. The second-order valence-electron chi connectivity index (χ2n) is 3.58. The summed E-state index contributed by atoms with van der Waals surface area (Å²) < 4.78 is 0. The van der Waals surface area contributed by atoms with Crippen LogP contribution in [0.2, 0.25) is 0 Å². The van der Waals surface area contributed by atoms with Gasteiger partial charge < -0.3 is 10.2 Å². The molecule has 15 heavy (non-hydrogen) atoms. The lowest BCUT2D eigenvalue weighted by atomic mass is 10.2. The quantitative estimate of drug-likeness (QED) is 0.761. The molecule has 82 valence electrons. The molecule has 1 amide bonds. The third-order valence-electron chi connectivity index (χ3n) is 2.00. The Morgan fingerprint density at radius 1 is 1.53 bits per heavy atom. The SMILES string of the molecule is Cc1ncncc1C(=O)NCCN(C)C. The van der Waals surface area contributed by atoms with Gasteiger partial charge in [0.15, 0.2) is 0 Å². The highest BCUT2D eigenvalue weighted by atomic mass is 16.1. The number of likely N-dealkylation sites (N-methyl/N-ethyl adjacent to an activating group) is 1. The summed E-state index contributed by atoms with van der Waals surface area (Å²) in [6.07, 6.45) is 2.97. The van der Waals surface area contributed by atoms with E-state index < -0.39 is 0 Å². The number of carbonyl (C=O) groups excluding carboxylic acids is 1. The third kappa shape index (κ3) is 3.63. The van der Waals surface area contributed by atoms with Gasteiger partial charge in [0.1, 0.15) is 6.33 Å². The zero-order chi connectivity index (χ0) is 11.3. The van der Waals surface area contributed by atoms with E-state index in [1.165, 1.54) is 12.5 Å². The molecule has 0 aliphatic heterocycles. The first-order valence-corrected chi connectivity index (χ1v) is 4.81. The van der Waals surface area contributed by atoms with Crippen molar-refractivity contribution in [2.75, 3.05) is 27.2 Å². The highest BCUT2D eigenvalue weighted by Gasteiger charge is 2.08. The molecular weight excluding hydrogens is 192 g/mol. The Morgan fingerprint density at radius 2 is 2.27 bits per heavy atom. The summed E-state index contributed by atoms with van der Waals surface area (Å²) in [5, 5.41) is 2.81. The number of amides is 1. The van der Waals surface area contributed by atoms with Gasteiger partial charge in [0.25, 0.3) is 5.91 Å². The van der Waals surface area contributed by atoms with Crippen LogP contribution in [0, 0.1) is 6.92 Å². The van der Waals surface area contributed by atoms with Gasteiger partial charge in [-0.15, -0.1) is 0 Å². The number of hydrogen-bond donors (Lipinski definition) is 1. The Hall–Kier alpha value is -1.49.